The van der Waals surface area contributed by atoms with E-state index < -0.39 is 0 Å². The second kappa shape index (κ2) is 3.30. The van der Waals surface area contributed by atoms with E-state index in [0.717, 1.165) is 5.70 Å². The number of allylic oxidation sites excluding steroid dienone is 3. The second-order valence-corrected chi connectivity index (χ2v) is 2.41. The Hall–Kier alpha value is -1.16. The molecule has 0 aliphatic rings. The highest BCUT2D eigenvalue weighted by atomic mass is 32.1. The Morgan fingerprint density at radius 1 is 1.91 bits per heavy atom. The standard InChI is InChI=1S/C7H9N3S/c1-3-4-6(2)10-5-8-9-7(10)11/h3-5H,2H2,1H3,(H,9,11). The van der Waals surface area contributed by atoms with Crippen molar-refractivity contribution >= 4 is 17.9 Å². The normalized spacial score (nSPS) is 10.6. The van der Waals surface area contributed by atoms with E-state index in [9.17, 15) is 0 Å². The van der Waals surface area contributed by atoms with Crippen molar-refractivity contribution < 1.29 is 0 Å². The molecule has 1 aromatic rings. The smallest absolute Gasteiger partial charge is 0.199 e. The maximum atomic E-state index is 4.93. The van der Waals surface area contributed by atoms with Gasteiger partial charge in [0.2, 0.25) is 0 Å². The van der Waals surface area contributed by atoms with Crippen LogP contribution in [0.3, 0.4) is 0 Å². The summed E-state index contributed by atoms with van der Waals surface area (Å²) in [7, 11) is 0. The topological polar surface area (TPSA) is 33.6 Å². The molecule has 0 saturated carbocycles. The fraction of sp³-hybridized carbons (Fsp3) is 0.143. The molecule has 11 heavy (non-hydrogen) atoms. The number of nitrogens with one attached hydrogen (secondary N) is 1. The highest BCUT2D eigenvalue weighted by Gasteiger charge is 1.93. The minimum atomic E-state index is 0.563. The van der Waals surface area contributed by atoms with Crippen molar-refractivity contribution in [2.24, 2.45) is 0 Å². The van der Waals surface area contributed by atoms with E-state index in [4.69, 9.17) is 12.2 Å². The first kappa shape index (κ1) is 7.94. The second-order valence-electron chi connectivity index (χ2n) is 2.02. The largest absolute Gasteiger partial charge is 0.275 e. The van der Waals surface area contributed by atoms with Crippen LogP contribution in [0.2, 0.25) is 0 Å². The molecular weight excluding hydrogens is 158 g/mol. The van der Waals surface area contributed by atoms with Gasteiger partial charge in [0.1, 0.15) is 6.33 Å². The van der Waals surface area contributed by atoms with Gasteiger partial charge in [0, 0.05) is 5.70 Å². The van der Waals surface area contributed by atoms with Crippen LogP contribution in [0.25, 0.3) is 5.70 Å². The molecule has 3 nitrogen and oxygen atoms in total. The molecular formula is C7H9N3S. The summed E-state index contributed by atoms with van der Waals surface area (Å²) in [6, 6.07) is 0. The van der Waals surface area contributed by atoms with Crippen molar-refractivity contribution in [2.75, 3.05) is 0 Å². The SMILES string of the molecule is C=C(C=CC)n1cn[nH]c1=S. The molecule has 1 aromatic heterocycles. The Morgan fingerprint density at radius 2 is 2.64 bits per heavy atom. The molecule has 1 N–H and O–H groups in total. The van der Waals surface area contributed by atoms with Crippen LogP contribution < -0.4 is 0 Å². The monoisotopic (exact) mass is 167 g/mol. The first-order valence-electron chi connectivity index (χ1n) is 3.19. The molecule has 0 unspecified atom stereocenters. The molecule has 0 atom stereocenters. The molecule has 0 saturated heterocycles. The zero-order valence-corrected chi connectivity index (χ0v) is 7.06. The van der Waals surface area contributed by atoms with Gasteiger partial charge >= 0.3 is 0 Å². The van der Waals surface area contributed by atoms with Crippen LogP contribution in [0.4, 0.5) is 0 Å². The average Bonchev–Trinajstić information content (AvgIpc) is 2.36. The van der Waals surface area contributed by atoms with E-state index in [2.05, 4.69) is 16.8 Å². The van der Waals surface area contributed by atoms with Crippen LogP contribution in [0, 0.1) is 4.77 Å². The van der Waals surface area contributed by atoms with Crippen molar-refractivity contribution in [3.8, 4) is 0 Å². The third-order valence-electron chi connectivity index (χ3n) is 1.22. The molecule has 0 radical (unpaired) electrons. The van der Waals surface area contributed by atoms with Crippen molar-refractivity contribution in [2.45, 2.75) is 6.92 Å². The molecule has 0 aliphatic heterocycles. The Balaban J connectivity index is 3.03. The summed E-state index contributed by atoms with van der Waals surface area (Å²) in [5.41, 5.74) is 0.811. The summed E-state index contributed by atoms with van der Waals surface area (Å²) in [5, 5.41) is 6.41. The third kappa shape index (κ3) is 1.65. The van der Waals surface area contributed by atoms with Gasteiger partial charge in [0.15, 0.2) is 4.77 Å². The molecule has 1 heterocycles. The number of hydrogen-bond acceptors (Lipinski definition) is 2. The van der Waals surface area contributed by atoms with Gasteiger partial charge < -0.3 is 0 Å². The lowest BCUT2D eigenvalue weighted by Crippen LogP contribution is -1.89. The maximum absolute atomic E-state index is 4.93. The van der Waals surface area contributed by atoms with E-state index in [1.165, 1.54) is 0 Å². The van der Waals surface area contributed by atoms with Gasteiger partial charge in [-0.05, 0) is 25.2 Å². The van der Waals surface area contributed by atoms with Gasteiger partial charge in [0.25, 0.3) is 0 Å². The minimum absolute atomic E-state index is 0.563. The molecule has 0 aromatic carbocycles. The van der Waals surface area contributed by atoms with Crippen LogP contribution >= 0.6 is 12.2 Å². The lowest BCUT2D eigenvalue weighted by atomic mass is 10.4. The summed E-state index contributed by atoms with van der Waals surface area (Å²) >= 11 is 4.93. The zero-order chi connectivity index (χ0) is 8.27. The third-order valence-corrected chi connectivity index (χ3v) is 1.51. The van der Waals surface area contributed by atoms with Crippen LogP contribution in [0.5, 0.6) is 0 Å². The van der Waals surface area contributed by atoms with Crippen molar-refractivity contribution in [1.82, 2.24) is 14.8 Å². The Kier molecular flexibility index (Phi) is 2.38. The predicted octanol–water partition coefficient (Wildman–Crippen LogP) is 1.99. The Labute approximate surface area is 70.1 Å². The van der Waals surface area contributed by atoms with Crippen LogP contribution in [-0.4, -0.2) is 14.8 Å². The minimum Gasteiger partial charge on any atom is -0.275 e. The lowest BCUT2D eigenvalue weighted by molar-refractivity contribution is 1.07. The quantitative estimate of drug-likeness (QED) is 0.540. The fourth-order valence-corrected chi connectivity index (χ4v) is 0.943. The van der Waals surface area contributed by atoms with Crippen molar-refractivity contribution in [3.63, 3.8) is 0 Å². The van der Waals surface area contributed by atoms with Gasteiger partial charge in [-0.3, -0.25) is 9.67 Å². The highest BCUT2D eigenvalue weighted by molar-refractivity contribution is 7.71. The number of nitrogens with zero attached hydrogens (tertiary/aromatic N) is 2. The van der Waals surface area contributed by atoms with E-state index in [1.54, 1.807) is 10.9 Å². The number of aromatic nitrogens is 3. The summed E-state index contributed by atoms with van der Waals surface area (Å²) < 4.78 is 2.27. The van der Waals surface area contributed by atoms with E-state index in [0.29, 0.717) is 4.77 Å². The number of H-pyrrole nitrogens is 1. The molecule has 0 aliphatic carbocycles. The molecule has 58 valence electrons. The summed E-state index contributed by atoms with van der Waals surface area (Å²) in [4.78, 5) is 0. The van der Waals surface area contributed by atoms with Gasteiger partial charge in [-0.25, -0.2) is 0 Å². The molecule has 0 spiro atoms. The lowest BCUT2D eigenvalue weighted by Gasteiger charge is -1.96. The van der Waals surface area contributed by atoms with E-state index >= 15 is 0 Å². The first-order chi connectivity index (χ1) is 5.25. The summed E-state index contributed by atoms with van der Waals surface area (Å²) in [6.45, 7) is 5.72. The van der Waals surface area contributed by atoms with Crippen LogP contribution in [0.1, 0.15) is 6.92 Å². The van der Waals surface area contributed by atoms with Crippen molar-refractivity contribution in [3.05, 3.63) is 29.8 Å². The summed E-state index contributed by atoms with van der Waals surface area (Å²) in [5.74, 6) is 0. The zero-order valence-electron chi connectivity index (χ0n) is 6.24. The van der Waals surface area contributed by atoms with E-state index in [1.807, 2.05) is 19.1 Å². The maximum Gasteiger partial charge on any atom is 0.199 e. The fourth-order valence-electron chi connectivity index (χ4n) is 0.725. The number of hydrogen-bond donors (Lipinski definition) is 1. The predicted molar refractivity (Wildman–Crippen MR) is 47.6 cm³/mol. The number of rotatable bonds is 2. The average molecular weight is 167 g/mol. The van der Waals surface area contributed by atoms with Crippen LogP contribution in [-0.2, 0) is 0 Å². The first-order valence-corrected chi connectivity index (χ1v) is 3.60. The van der Waals surface area contributed by atoms with Crippen molar-refractivity contribution in [1.29, 1.82) is 0 Å². The van der Waals surface area contributed by atoms with E-state index in [-0.39, 0.29) is 0 Å². The van der Waals surface area contributed by atoms with Gasteiger partial charge in [-0.15, -0.1) is 0 Å². The highest BCUT2D eigenvalue weighted by Crippen LogP contribution is 2.01. The molecule has 1 rings (SSSR count). The molecule has 0 fully saturated rings. The molecule has 0 bridgehead atoms. The molecule has 0 amide bonds. The van der Waals surface area contributed by atoms with Gasteiger partial charge in [0.05, 0.1) is 0 Å². The Morgan fingerprint density at radius 3 is 3.09 bits per heavy atom. The molecule has 4 heteroatoms. The Bertz CT molecular complexity index is 331. The van der Waals surface area contributed by atoms with Gasteiger partial charge in [-0.1, -0.05) is 12.7 Å². The summed E-state index contributed by atoms with van der Waals surface area (Å²) in [6.07, 6.45) is 5.37. The number of aromatic amines is 1. The van der Waals surface area contributed by atoms with Gasteiger partial charge in [-0.2, -0.15) is 5.10 Å². The van der Waals surface area contributed by atoms with Crippen LogP contribution in [0.15, 0.2) is 25.1 Å².